The molecule has 1 N–H and O–H groups in total. The van der Waals surface area contributed by atoms with Gasteiger partial charge in [-0.2, -0.15) is 5.26 Å². The van der Waals surface area contributed by atoms with E-state index >= 15 is 0 Å². The lowest BCUT2D eigenvalue weighted by Gasteiger charge is -2.05. The Morgan fingerprint density at radius 1 is 1.26 bits per heavy atom. The van der Waals surface area contributed by atoms with Crippen molar-refractivity contribution in [3.05, 3.63) is 77.1 Å². The van der Waals surface area contributed by atoms with Gasteiger partial charge in [0.15, 0.2) is 0 Å². The zero-order valence-corrected chi connectivity index (χ0v) is 12.3. The monoisotopic (exact) mass is 310 g/mol. The summed E-state index contributed by atoms with van der Waals surface area (Å²) in [7, 11) is 0. The summed E-state index contributed by atoms with van der Waals surface area (Å²) >= 11 is 0. The van der Waals surface area contributed by atoms with Crippen LogP contribution in [-0.2, 0) is 11.3 Å². The molecule has 0 saturated carbocycles. The Hall–Kier alpha value is -3.13. The average Bonchev–Trinajstić information content (AvgIpc) is 2.59. The number of rotatable bonds is 5. The van der Waals surface area contributed by atoms with E-state index in [9.17, 15) is 9.18 Å². The fourth-order valence-corrected chi connectivity index (χ4v) is 1.84. The lowest BCUT2D eigenvalue weighted by atomic mass is 10.1. The minimum atomic E-state index is -0.551. The van der Waals surface area contributed by atoms with Crippen molar-refractivity contribution in [2.45, 2.75) is 6.61 Å². The van der Waals surface area contributed by atoms with Crippen molar-refractivity contribution in [3.8, 4) is 6.07 Å². The fraction of sp³-hybridized carbons (Fsp3) is 0.111. The molecule has 116 valence electrons. The van der Waals surface area contributed by atoms with Crippen molar-refractivity contribution in [2.24, 2.45) is 0 Å². The van der Waals surface area contributed by atoms with E-state index in [1.807, 2.05) is 36.4 Å². The predicted molar refractivity (Wildman–Crippen MR) is 84.8 cm³/mol. The first kappa shape index (κ1) is 16.2. The lowest BCUT2D eigenvalue weighted by Crippen LogP contribution is -2.24. The Morgan fingerprint density at radius 2 is 2.04 bits per heavy atom. The maximum absolute atomic E-state index is 13.5. The number of halogens is 1. The molecule has 2 aromatic carbocycles. The zero-order chi connectivity index (χ0) is 16.5. The molecule has 0 bridgehead atoms. The first-order chi connectivity index (χ1) is 11.2. The molecule has 0 spiro atoms. The van der Waals surface area contributed by atoms with Crippen LogP contribution in [-0.4, -0.2) is 12.6 Å². The van der Waals surface area contributed by atoms with Crippen molar-refractivity contribution in [2.75, 3.05) is 6.54 Å². The second kappa shape index (κ2) is 8.35. The van der Waals surface area contributed by atoms with Crippen LogP contribution in [0.3, 0.4) is 0 Å². The van der Waals surface area contributed by atoms with E-state index in [0.717, 1.165) is 5.56 Å². The number of amides is 1. The molecule has 0 aliphatic rings. The van der Waals surface area contributed by atoms with Crippen LogP contribution in [0.5, 0.6) is 0 Å². The van der Waals surface area contributed by atoms with Crippen LogP contribution in [0.4, 0.5) is 9.18 Å². The fourth-order valence-electron chi connectivity index (χ4n) is 1.84. The highest BCUT2D eigenvalue weighted by Gasteiger charge is 2.02. The molecular weight excluding hydrogens is 295 g/mol. The van der Waals surface area contributed by atoms with E-state index in [1.165, 1.54) is 24.3 Å². The predicted octanol–water partition coefficient (Wildman–Crippen LogP) is 3.64. The quantitative estimate of drug-likeness (QED) is 0.917. The first-order valence-electron chi connectivity index (χ1n) is 7.00. The molecule has 0 heterocycles. The number of hydrogen-bond acceptors (Lipinski definition) is 3. The van der Waals surface area contributed by atoms with E-state index in [2.05, 4.69) is 5.32 Å². The van der Waals surface area contributed by atoms with Crippen LogP contribution < -0.4 is 5.32 Å². The first-order valence-corrected chi connectivity index (χ1v) is 7.00. The molecule has 5 heteroatoms. The normalized spacial score (nSPS) is 10.3. The number of nitriles is 1. The van der Waals surface area contributed by atoms with Gasteiger partial charge in [0, 0.05) is 12.1 Å². The van der Waals surface area contributed by atoms with Gasteiger partial charge in [0.2, 0.25) is 0 Å². The van der Waals surface area contributed by atoms with E-state index in [0.29, 0.717) is 11.1 Å². The summed E-state index contributed by atoms with van der Waals surface area (Å²) in [5.41, 5.74) is 1.57. The highest BCUT2D eigenvalue weighted by Crippen LogP contribution is 2.11. The Bertz CT molecular complexity index is 736. The smallest absolute Gasteiger partial charge is 0.407 e. The molecule has 0 aromatic heterocycles. The summed E-state index contributed by atoms with van der Waals surface area (Å²) in [6.07, 6.45) is 2.54. The van der Waals surface area contributed by atoms with Gasteiger partial charge in [-0.1, -0.05) is 42.5 Å². The third-order valence-corrected chi connectivity index (χ3v) is 3.00. The zero-order valence-electron chi connectivity index (χ0n) is 12.3. The van der Waals surface area contributed by atoms with Gasteiger partial charge in [0.1, 0.15) is 12.4 Å². The third kappa shape index (κ3) is 5.29. The minimum Gasteiger partial charge on any atom is -0.445 e. The molecule has 1 amide bonds. The highest BCUT2D eigenvalue weighted by atomic mass is 19.1. The van der Waals surface area contributed by atoms with E-state index < -0.39 is 11.9 Å². The van der Waals surface area contributed by atoms with Crippen molar-refractivity contribution in [1.29, 1.82) is 5.26 Å². The number of benzene rings is 2. The maximum atomic E-state index is 13.5. The average molecular weight is 310 g/mol. The lowest BCUT2D eigenvalue weighted by molar-refractivity contribution is 0.141. The van der Waals surface area contributed by atoms with Gasteiger partial charge in [0.25, 0.3) is 0 Å². The van der Waals surface area contributed by atoms with Crippen molar-refractivity contribution < 1.29 is 13.9 Å². The van der Waals surface area contributed by atoms with Gasteiger partial charge >= 0.3 is 6.09 Å². The SMILES string of the molecule is N#Cc1ccc(F)c(C=CCNC(=O)OCc2ccccc2)c1. The number of carbonyl (C=O) groups is 1. The van der Waals surface area contributed by atoms with Crippen LogP contribution in [0.1, 0.15) is 16.7 Å². The number of nitrogens with one attached hydrogen (secondary N) is 1. The van der Waals surface area contributed by atoms with Crippen molar-refractivity contribution in [1.82, 2.24) is 5.32 Å². The summed E-state index contributed by atoms with van der Waals surface area (Å²) in [6, 6.07) is 15.4. The van der Waals surface area contributed by atoms with Crippen LogP contribution >= 0.6 is 0 Å². The number of ether oxygens (including phenoxy) is 1. The molecule has 4 nitrogen and oxygen atoms in total. The van der Waals surface area contributed by atoms with Crippen LogP contribution in [0.2, 0.25) is 0 Å². The second-order valence-corrected chi connectivity index (χ2v) is 4.69. The third-order valence-electron chi connectivity index (χ3n) is 3.00. The molecule has 0 aliphatic carbocycles. The van der Waals surface area contributed by atoms with Gasteiger partial charge in [-0.25, -0.2) is 9.18 Å². The van der Waals surface area contributed by atoms with E-state index in [-0.39, 0.29) is 13.2 Å². The van der Waals surface area contributed by atoms with Crippen LogP contribution in [0, 0.1) is 17.1 Å². The Labute approximate surface area is 133 Å². The number of hydrogen-bond donors (Lipinski definition) is 1. The standard InChI is InChI=1S/C18H15FN2O2/c19-17-9-8-15(12-20)11-16(17)7-4-10-21-18(22)23-13-14-5-2-1-3-6-14/h1-9,11H,10,13H2,(H,21,22). The highest BCUT2D eigenvalue weighted by molar-refractivity contribution is 5.67. The Morgan fingerprint density at radius 3 is 2.78 bits per heavy atom. The number of nitrogens with zero attached hydrogens (tertiary/aromatic N) is 1. The van der Waals surface area contributed by atoms with Gasteiger partial charge < -0.3 is 10.1 Å². The van der Waals surface area contributed by atoms with Crippen LogP contribution in [0.15, 0.2) is 54.6 Å². The minimum absolute atomic E-state index is 0.190. The van der Waals surface area contributed by atoms with E-state index in [4.69, 9.17) is 10.00 Å². The number of alkyl carbamates (subject to hydrolysis) is 1. The number of carbonyl (C=O) groups excluding carboxylic acids is 1. The molecular formula is C18H15FN2O2. The molecule has 0 unspecified atom stereocenters. The summed E-state index contributed by atoms with van der Waals surface area (Å²) < 4.78 is 18.6. The summed E-state index contributed by atoms with van der Waals surface area (Å²) in [6.45, 7) is 0.388. The van der Waals surface area contributed by atoms with Gasteiger partial charge in [0.05, 0.1) is 11.6 Å². The van der Waals surface area contributed by atoms with Crippen LogP contribution in [0.25, 0.3) is 6.08 Å². The summed E-state index contributed by atoms with van der Waals surface area (Å²) in [5, 5.41) is 11.3. The summed E-state index contributed by atoms with van der Waals surface area (Å²) in [4.78, 5) is 11.5. The Kier molecular flexibility index (Phi) is 5.89. The molecule has 0 saturated heterocycles. The van der Waals surface area contributed by atoms with Gasteiger partial charge in [-0.15, -0.1) is 0 Å². The topological polar surface area (TPSA) is 62.1 Å². The van der Waals surface area contributed by atoms with Crippen molar-refractivity contribution in [3.63, 3.8) is 0 Å². The van der Waals surface area contributed by atoms with Gasteiger partial charge in [-0.05, 0) is 23.8 Å². The Balaban J connectivity index is 1.78. The van der Waals surface area contributed by atoms with E-state index in [1.54, 1.807) is 6.08 Å². The molecule has 0 radical (unpaired) electrons. The summed E-state index contributed by atoms with van der Waals surface area (Å²) in [5.74, 6) is -0.424. The molecule has 0 fully saturated rings. The molecule has 0 atom stereocenters. The molecule has 2 rings (SSSR count). The molecule has 2 aromatic rings. The largest absolute Gasteiger partial charge is 0.445 e. The van der Waals surface area contributed by atoms with Crippen molar-refractivity contribution >= 4 is 12.2 Å². The molecule has 0 aliphatic heterocycles. The maximum Gasteiger partial charge on any atom is 0.407 e. The molecule has 23 heavy (non-hydrogen) atoms. The van der Waals surface area contributed by atoms with Gasteiger partial charge in [-0.3, -0.25) is 0 Å². The second-order valence-electron chi connectivity index (χ2n) is 4.69.